The van der Waals surface area contributed by atoms with Crippen LogP contribution in [0.1, 0.15) is 64.5 Å². The standard InChI is InChI=1S/C44H52Si/c1-7-31(3)43(37-23-13-21-35(29-37)41-27-15-19-33-17-9-11-25-39(33)41)45(5,6)44(32(4)8-2)38-24-14-22-36(30-38)42-28-16-20-34-18-10-12-26-40(34)42/h9-28,31-32,37-38,43-44H,7-8,29-30H2,1-6H3/t31-,32?,37?,38?,43+,44?/m1/s1. The summed E-state index contributed by atoms with van der Waals surface area (Å²) in [6, 6.07) is 31.5. The van der Waals surface area contributed by atoms with E-state index in [4.69, 9.17) is 0 Å². The molecule has 0 aromatic heterocycles. The molecule has 4 aromatic carbocycles. The summed E-state index contributed by atoms with van der Waals surface area (Å²) in [7, 11) is -1.83. The summed E-state index contributed by atoms with van der Waals surface area (Å²) in [5, 5.41) is 5.45. The predicted octanol–water partition coefficient (Wildman–Crippen LogP) is 13.2. The molecule has 2 aliphatic carbocycles. The zero-order valence-corrected chi connectivity index (χ0v) is 29.3. The molecule has 0 heterocycles. The van der Waals surface area contributed by atoms with E-state index in [1.165, 1.54) is 56.7 Å². The summed E-state index contributed by atoms with van der Waals surface area (Å²) in [4.78, 5) is 0. The zero-order valence-electron chi connectivity index (χ0n) is 28.3. The molecule has 0 radical (unpaired) electrons. The largest absolute Gasteiger partial charge is 0.0811 e. The van der Waals surface area contributed by atoms with Gasteiger partial charge in [0.05, 0.1) is 8.07 Å². The first-order chi connectivity index (χ1) is 21.8. The molecule has 4 aromatic rings. The summed E-state index contributed by atoms with van der Waals surface area (Å²) >= 11 is 0. The van der Waals surface area contributed by atoms with E-state index in [1.54, 1.807) is 0 Å². The molecule has 4 unspecified atom stereocenters. The molecule has 0 bridgehead atoms. The Kier molecular flexibility index (Phi) is 9.48. The molecular weight excluding hydrogens is 557 g/mol. The van der Waals surface area contributed by atoms with Gasteiger partial charge in [0.25, 0.3) is 0 Å². The lowest BCUT2D eigenvalue weighted by Crippen LogP contribution is -2.48. The Labute approximate surface area is 273 Å². The number of allylic oxidation sites excluding steroid dienone is 8. The molecule has 0 spiro atoms. The number of fused-ring (bicyclic) bond motifs is 2. The van der Waals surface area contributed by atoms with Gasteiger partial charge in [-0.15, -0.1) is 0 Å². The highest BCUT2D eigenvalue weighted by Gasteiger charge is 2.48. The van der Waals surface area contributed by atoms with Gasteiger partial charge in [-0.25, -0.2) is 0 Å². The van der Waals surface area contributed by atoms with E-state index >= 15 is 0 Å². The summed E-state index contributed by atoms with van der Waals surface area (Å²) in [5.41, 5.74) is 7.30. The molecule has 0 saturated carbocycles. The van der Waals surface area contributed by atoms with Crippen molar-refractivity contribution in [2.45, 2.75) is 77.6 Å². The maximum absolute atomic E-state index is 2.77. The van der Waals surface area contributed by atoms with Gasteiger partial charge >= 0.3 is 0 Å². The molecule has 6 rings (SSSR count). The van der Waals surface area contributed by atoms with Gasteiger partial charge in [-0.3, -0.25) is 0 Å². The van der Waals surface area contributed by atoms with Gasteiger partial charge in [0.2, 0.25) is 0 Å². The highest BCUT2D eigenvalue weighted by Crippen LogP contribution is 2.55. The van der Waals surface area contributed by atoms with Crippen molar-refractivity contribution in [3.8, 4) is 0 Å². The van der Waals surface area contributed by atoms with Gasteiger partial charge in [-0.2, -0.15) is 0 Å². The van der Waals surface area contributed by atoms with Crippen LogP contribution in [0, 0.1) is 23.7 Å². The topological polar surface area (TPSA) is 0 Å². The Morgan fingerprint density at radius 3 is 1.40 bits per heavy atom. The summed E-state index contributed by atoms with van der Waals surface area (Å²) in [5.74, 6) is 2.54. The second-order valence-corrected chi connectivity index (χ2v) is 19.6. The Balaban J connectivity index is 1.34. The van der Waals surface area contributed by atoms with Gasteiger partial charge in [-0.05, 0) is 91.4 Å². The van der Waals surface area contributed by atoms with Crippen LogP contribution in [0.5, 0.6) is 0 Å². The summed E-state index contributed by atoms with van der Waals surface area (Å²) in [6.45, 7) is 15.5. The molecule has 0 nitrogen and oxygen atoms in total. The predicted molar refractivity (Wildman–Crippen MR) is 202 cm³/mol. The van der Waals surface area contributed by atoms with Crippen LogP contribution in [0.25, 0.3) is 32.7 Å². The van der Waals surface area contributed by atoms with Crippen molar-refractivity contribution in [3.05, 3.63) is 133 Å². The number of hydrogen-bond acceptors (Lipinski definition) is 0. The fourth-order valence-electron chi connectivity index (χ4n) is 9.46. The van der Waals surface area contributed by atoms with E-state index < -0.39 is 8.07 Å². The highest BCUT2D eigenvalue weighted by atomic mass is 28.3. The minimum Gasteiger partial charge on any atom is -0.0811 e. The molecular formula is C44H52Si. The number of benzene rings is 4. The molecule has 0 saturated heterocycles. The van der Waals surface area contributed by atoms with E-state index in [-0.39, 0.29) is 0 Å². The fraction of sp³-hybridized carbons (Fsp3) is 0.364. The van der Waals surface area contributed by atoms with Crippen LogP contribution >= 0.6 is 0 Å². The Morgan fingerprint density at radius 2 is 0.978 bits per heavy atom. The second kappa shape index (κ2) is 13.5. The zero-order chi connectivity index (χ0) is 31.6. The highest BCUT2D eigenvalue weighted by molar-refractivity contribution is 6.80. The lowest BCUT2D eigenvalue weighted by Gasteiger charge is -2.50. The van der Waals surface area contributed by atoms with Crippen molar-refractivity contribution < 1.29 is 0 Å². The van der Waals surface area contributed by atoms with Crippen LogP contribution in [-0.2, 0) is 0 Å². The van der Waals surface area contributed by atoms with E-state index in [0.29, 0.717) is 23.7 Å². The molecule has 6 atom stereocenters. The van der Waals surface area contributed by atoms with Crippen LogP contribution in [0.15, 0.2) is 121 Å². The van der Waals surface area contributed by atoms with Crippen LogP contribution in [-0.4, -0.2) is 8.07 Å². The van der Waals surface area contributed by atoms with Crippen LogP contribution in [0.3, 0.4) is 0 Å². The first kappa shape index (κ1) is 31.6. The maximum atomic E-state index is 2.77. The molecule has 0 amide bonds. The average Bonchev–Trinajstić information content (AvgIpc) is 3.07. The third-order valence-corrected chi connectivity index (χ3v) is 17.1. The van der Waals surface area contributed by atoms with E-state index in [2.05, 4.69) is 162 Å². The molecule has 232 valence electrons. The molecule has 2 aliphatic rings. The quantitative estimate of drug-likeness (QED) is 0.157. The SMILES string of the molecule is CCC(C)C(C1C=CC=C(c2cccc3ccccc23)C1)[Si](C)(C)[C@H](C1C=CC=C(c2cccc3ccccc23)C1)[C@H](C)CC. The van der Waals surface area contributed by atoms with Crippen molar-refractivity contribution in [1.29, 1.82) is 0 Å². The Morgan fingerprint density at radius 1 is 0.578 bits per heavy atom. The Bertz CT molecular complexity index is 1620. The number of rotatable bonds is 10. The third-order valence-electron chi connectivity index (χ3n) is 11.6. The van der Waals surface area contributed by atoms with Crippen LogP contribution < -0.4 is 0 Å². The van der Waals surface area contributed by atoms with E-state index in [1.807, 2.05) is 0 Å². The normalized spacial score (nSPS) is 21.3. The van der Waals surface area contributed by atoms with Crippen molar-refractivity contribution in [2.75, 3.05) is 0 Å². The van der Waals surface area contributed by atoms with E-state index in [9.17, 15) is 0 Å². The first-order valence-electron chi connectivity index (χ1n) is 17.5. The smallest absolute Gasteiger partial charge is 0.0553 e. The number of hydrogen-bond donors (Lipinski definition) is 0. The monoisotopic (exact) mass is 608 g/mol. The average molecular weight is 609 g/mol. The molecule has 1 heteroatoms. The molecule has 0 aliphatic heterocycles. The Hall–Kier alpha value is -3.42. The second-order valence-electron chi connectivity index (χ2n) is 14.6. The lowest BCUT2D eigenvalue weighted by atomic mass is 9.81. The van der Waals surface area contributed by atoms with Crippen molar-refractivity contribution in [1.82, 2.24) is 0 Å². The van der Waals surface area contributed by atoms with Crippen LogP contribution in [0.4, 0.5) is 0 Å². The van der Waals surface area contributed by atoms with Crippen molar-refractivity contribution in [3.63, 3.8) is 0 Å². The van der Waals surface area contributed by atoms with E-state index in [0.717, 1.165) is 23.9 Å². The van der Waals surface area contributed by atoms with Gasteiger partial charge < -0.3 is 0 Å². The molecule has 0 fully saturated rings. The first-order valence-corrected chi connectivity index (χ1v) is 20.7. The fourth-order valence-corrected chi connectivity index (χ4v) is 16.0. The van der Waals surface area contributed by atoms with Crippen LogP contribution in [0.2, 0.25) is 24.2 Å². The van der Waals surface area contributed by atoms with Gasteiger partial charge in [0, 0.05) is 0 Å². The van der Waals surface area contributed by atoms with Gasteiger partial charge in [0.1, 0.15) is 0 Å². The summed E-state index contributed by atoms with van der Waals surface area (Å²) in [6.07, 6.45) is 19.5. The lowest BCUT2D eigenvalue weighted by molar-refractivity contribution is 0.377. The summed E-state index contributed by atoms with van der Waals surface area (Å²) < 4.78 is 0. The third kappa shape index (κ3) is 6.21. The molecule has 45 heavy (non-hydrogen) atoms. The molecule has 0 N–H and O–H groups in total. The minimum atomic E-state index is -1.83. The van der Waals surface area contributed by atoms with Crippen molar-refractivity contribution >= 4 is 40.8 Å². The minimum absolute atomic E-state index is 0.577. The van der Waals surface area contributed by atoms with Gasteiger partial charge in [-0.1, -0.05) is 175 Å². The van der Waals surface area contributed by atoms with Crippen molar-refractivity contribution in [2.24, 2.45) is 23.7 Å². The van der Waals surface area contributed by atoms with Gasteiger partial charge in [0.15, 0.2) is 0 Å². The maximum Gasteiger partial charge on any atom is 0.0553 e.